The van der Waals surface area contributed by atoms with Gasteiger partial charge in [0.05, 0.1) is 25.8 Å². The number of hydrogen-bond acceptors (Lipinski definition) is 8. The number of aromatic nitrogens is 1. The van der Waals surface area contributed by atoms with Crippen molar-refractivity contribution in [1.29, 1.82) is 0 Å². The molecule has 0 unspecified atom stereocenters. The molecule has 0 saturated heterocycles. The van der Waals surface area contributed by atoms with E-state index in [1.165, 1.54) is 24.5 Å². The number of carbonyl (C=O) groups is 3. The zero-order valence-electron chi connectivity index (χ0n) is 13.8. The molecule has 1 rings (SSSR count). The Morgan fingerprint density at radius 1 is 1.46 bits per heavy atom. The number of nitrogens with one attached hydrogen (secondary N) is 1. The molecule has 1 aromatic heterocycles. The maximum Gasteiger partial charge on any atom is 0.226 e. The van der Waals surface area contributed by atoms with E-state index in [-0.39, 0.29) is 18.9 Å². The van der Waals surface area contributed by atoms with E-state index >= 15 is 0 Å². The number of ether oxygens (including phenoxy) is 1. The molecule has 8 nitrogen and oxygen atoms in total. The van der Waals surface area contributed by atoms with Crippen LogP contribution in [-0.2, 0) is 25.5 Å². The summed E-state index contributed by atoms with van der Waals surface area (Å²) in [6.07, 6.45) is 6.03. The van der Waals surface area contributed by atoms with Crippen LogP contribution in [0.15, 0.2) is 29.5 Å². The molecule has 0 radical (unpaired) electrons. The fourth-order valence-corrected chi connectivity index (χ4v) is 2.20. The molecule has 24 heavy (non-hydrogen) atoms. The smallest absolute Gasteiger partial charge is 0.226 e. The molecule has 0 aliphatic carbocycles. The Morgan fingerprint density at radius 3 is 2.75 bits per heavy atom. The van der Waals surface area contributed by atoms with Crippen molar-refractivity contribution in [2.24, 2.45) is 0 Å². The summed E-state index contributed by atoms with van der Waals surface area (Å²) >= 11 is 1.38. The molecule has 1 amide bonds. The fourth-order valence-electron chi connectivity index (χ4n) is 1.43. The lowest BCUT2D eigenvalue weighted by Gasteiger charge is -2.09. The summed E-state index contributed by atoms with van der Waals surface area (Å²) in [5.41, 5.74) is 0.624. The number of rotatable bonds is 9. The highest BCUT2D eigenvalue weighted by atomic mass is 32.1. The SMILES string of the molecule is CO.COC(/C=C\N(C)c1nc(CC(=O)NCC=O)cs1)=C/C=O. The van der Waals surface area contributed by atoms with Gasteiger partial charge in [0.15, 0.2) is 5.13 Å². The van der Waals surface area contributed by atoms with E-state index in [0.29, 0.717) is 29.2 Å². The number of aliphatic hydroxyl groups excluding tert-OH is 1. The van der Waals surface area contributed by atoms with E-state index in [0.717, 1.165) is 7.11 Å². The number of methoxy groups -OCH3 is 1. The molecular formula is C15H21N3O5S. The second-order valence-corrected chi connectivity index (χ2v) is 4.94. The first-order valence-electron chi connectivity index (χ1n) is 6.80. The summed E-state index contributed by atoms with van der Waals surface area (Å²) in [7, 11) is 4.26. The lowest BCUT2D eigenvalue weighted by Crippen LogP contribution is -2.26. The van der Waals surface area contributed by atoms with Crippen LogP contribution in [0.5, 0.6) is 0 Å². The summed E-state index contributed by atoms with van der Waals surface area (Å²) in [5.74, 6) is 0.171. The molecule has 0 fully saturated rings. The highest BCUT2D eigenvalue weighted by Gasteiger charge is 2.09. The van der Waals surface area contributed by atoms with Crippen LogP contribution in [0.25, 0.3) is 0 Å². The molecule has 132 valence electrons. The molecule has 0 aliphatic heterocycles. The third kappa shape index (κ3) is 8.20. The van der Waals surface area contributed by atoms with Crippen molar-refractivity contribution in [2.45, 2.75) is 6.42 Å². The van der Waals surface area contributed by atoms with E-state index in [1.54, 1.807) is 29.6 Å². The Balaban J connectivity index is 0.00000254. The van der Waals surface area contributed by atoms with Crippen molar-refractivity contribution in [3.63, 3.8) is 0 Å². The van der Waals surface area contributed by atoms with Gasteiger partial charge in [-0.1, -0.05) is 0 Å². The van der Waals surface area contributed by atoms with Crippen molar-refractivity contribution in [3.8, 4) is 0 Å². The highest BCUT2D eigenvalue weighted by molar-refractivity contribution is 7.13. The van der Waals surface area contributed by atoms with E-state index in [2.05, 4.69) is 10.3 Å². The van der Waals surface area contributed by atoms with Crippen LogP contribution in [-0.4, -0.2) is 56.4 Å². The summed E-state index contributed by atoms with van der Waals surface area (Å²) < 4.78 is 4.99. The Hall–Kier alpha value is -2.52. The first-order chi connectivity index (χ1) is 11.6. The van der Waals surface area contributed by atoms with Gasteiger partial charge >= 0.3 is 0 Å². The van der Waals surface area contributed by atoms with E-state index in [1.807, 2.05) is 0 Å². The van der Waals surface area contributed by atoms with E-state index < -0.39 is 0 Å². The molecule has 0 saturated carbocycles. The van der Waals surface area contributed by atoms with Gasteiger partial charge in [-0.15, -0.1) is 11.3 Å². The zero-order valence-corrected chi connectivity index (χ0v) is 14.6. The van der Waals surface area contributed by atoms with Gasteiger partial charge in [0.25, 0.3) is 0 Å². The summed E-state index contributed by atoms with van der Waals surface area (Å²) in [4.78, 5) is 38.1. The maximum atomic E-state index is 11.5. The van der Waals surface area contributed by atoms with Gasteiger partial charge in [0, 0.05) is 31.8 Å². The predicted octanol–water partition coefficient (Wildman–Crippen LogP) is 0.288. The number of anilines is 1. The molecule has 9 heteroatoms. The Kier molecular flexibility index (Phi) is 11.6. The van der Waals surface area contributed by atoms with Crippen LogP contribution in [0.2, 0.25) is 0 Å². The minimum Gasteiger partial charge on any atom is -0.497 e. The van der Waals surface area contributed by atoms with Crippen molar-refractivity contribution >= 4 is 34.9 Å². The van der Waals surface area contributed by atoms with Crippen LogP contribution in [0, 0.1) is 0 Å². The topological polar surface area (TPSA) is 109 Å². The second kappa shape index (κ2) is 13.0. The number of aldehydes is 2. The quantitative estimate of drug-likeness (QED) is 0.284. The van der Waals surface area contributed by atoms with Crippen LogP contribution in [0.4, 0.5) is 5.13 Å². The van der Waals surface area contributed by atoms with Gasteiger partial charge in [0.1, 0.15) is 18.3 Å². The van der Waals surface area contributed by atoms with Gasteiger partial charge in [-0.25, -0.2) is 4.98 Å². The van der Waals surface area contributed by atoms with Crippen LogP contribution in [0.1, 0.15) is 5.69 Å². The minimum absolute atomic E-state index is 0.00132. The Morgan fingerprint density at radius 2 is 2.17 bits per heavy atom. The van der Waals surface area contributed by atoms with Crippen molar-refractivity contribution < 1.29 is 24.2 Å². The molecule has 1 heterocycles. The third-order valence-corrected chi connectivity index (χ3v) is 3.48. The Bertz CT molecular complexity index is 583. The first kappa shape index (κ1) is 21.5. The normalized spacial score (nSPS) is 10.6. The maximum absolute atomic E-state index is 11.5. The predicted molar refractivity (Wildman–Crippen MR) is 91.7 cm³/mol. The molecule has 0 bridgehead atoms. The van der Waals surface area contributed by atoms with E-state index in [4.69, 9.17) is 9.84 Å². The summed E-state index contributed by atoms with van der Waals surface area (Å²) in [5, 5.41) is 11.9. The number of carbonyl (C=O) groups excluding carboxylic acids is 3. The van der Waals surface area contributed by atoms with Crippen LogP contribution < -0.4 is 10.2 Å². The van der Waals surface area contributed by atoms with Crippen LogP contribution >= 0.6 is 11.3 Å². The summed E-state index contributed by atoms with van der Waals surface area (Å²) in [6, 6.07) is 0. The number of nitrogens with zero attached hydrogens (tertiary/aromatic N) is 2. The molecular weight excluding hydrogens is 334 g/mol. The van der Waals surface area contributed by atoms with Gasteiger partial charge in [0.2, 0.25) is 5.91 Å². The number of amides is 1. The molecule has 0 aliphatic rings. The first-order valence-corrected chi connectivity index (χ1v) is 7.68. The van der Waals surface area contributed by atoms with Gasteiger partial charge in [-0.05, 0) is 6.08 Å². The van der Waals surface area contributed by atoms with E-state index in [9.17, 15) is 14.4 Å². The molecule has 1 aromatic rings. The number of hydrogen-bond donors (Lipinski definition) is 2. The minimum atomic E-state index is -0.252. The van der Waals surface area contributed by atoms with Crippen molar-refractivity contribution in [1.82, 2.24) is 10.3 Å². The van der Waals surface area contributed by atoms with Gasteiger partial charge in [-0.3, -0.25) is 9.59 Å². The number of aliphatic hydroxyl groups is 1. The Labute approximate surface area is 144 Å². The monoisotopic (exact) mass is 355 g/mol. The number of allylic oxidation sites excluding steroid dienone is 2. The molecule has 0 spiro atoms. The average molecular weight is 355 g/mol. The lowest BCUT2D eigenvalue weighted by molar-refractivity contribution is -0.121. The molecule has 0 atom stereocenters. The van der Waals surface area contributed by atoms with Crippen molar-refractivity contribution in [3.05, 3.63) is 35.2 Å². The number of thiazole rings is 1. The average Bonchev–Trinajstić information content (AvgIpc) is 3.06. The largest absolute Gasteiger partial charge is 0.497 e. The molecule has 0 aromatic carbocycles. The lowest BCUT2D eigenvalue weighted by atomic mass is 10.3. The highest BCUT2D eigenvalue weighted by Crippen LogP contribution is 2.20. The third-order valence-electron chi connectivity index (χ3n) is 2.50. The second-order valence-electron chi connectivity index (χ2n) is 4.10. The standard InChI is InChI=1S/C14H17N3O4S.CH4O/c1-17(6-3-12(21-2)4-7-18)14-16-11(10-22-14)9-13(20)15-5-8-19;1-2/h3-4,6-8,10H,5,9H2,1-2H3,(H,15,20);2H,1H3/b6-3-,12-4+;. The fraction of sp³-hybridized carbons (Fsp3) is 0.333. The zero-order chi connectivity index (χ0) is 18.4. The van der Waals surface area contributed by atoms with Gasteiger partial charge in [-0.2, -0.15) is 0 Å². The van der Waals surface area contributed by atoms with Crippen LogP contribution in [0.3, 0.4) is 0 Å². The molecule has 2 N–H and O–H groups in total. The summed E-state index contributed by atoms with van der Waals surface area (Å²) in [6.45, 7) is 0.00132. The van der Waals surface area contributed by atoms with Crippen molar-refractivity contribution in [2.75, 3.05) is 32.7 Å². The van der Waals surface area contributed by atoms with Gasteiger partial charge < -0.3 is 24.9 Å².